The molecule has 5 heterocycles. The highest BCUT2D eigenvalue weighted by Gasteiger charge is 2.59. The van der Waals surface area contributed by atoms with Crippen LogP contribution in [0.3, 0.4) is 0 Å². The summed E-state index contributed by atoms with van der Waals surface area (Å²) in [5, 5.41) is 53.7. The van der Waals surface area contributed by atoms with Crippen LogP contribution in [-0.4, -0.2) is 210 Å². The second kappa shape index (κ2) is 25.6. The third kappa shape index (κ3) is 13.7. The van der Waals surface area contributed by atoms with Crippen LogP contribution in [0.25, 0.3) is 10.9 Å². The number of carboxylic acid groups (broad SMARTS) is 1. The summed E-state index contributed by atoms with van der Waals surface area (Å²) in [5.74, 6) is -4.16. The molecule has 5 fully saturated rings. The summed E-state index contributed by atoms with van der Waals surface area (Å²) in [5.41, 5.74) is -4.19. The standard InChI is InChI=1S/C57H91N5O17/c1-15-42-56(9,69)49-34(6)61(13)28-30(2)47(77-49)57(10,70)48(78-53-45(64)41(60(11)12)25-31(3)73-53)32(4)46(33(5)52(67)75-42)76-43-27-55(8,71-14)50(35(7)74-43)79-54(68)59-21-16-23-72-24-22-58-36-17-20-40-38(26-36)44(63)39(51(65)66)29-62(40)37-18-19-37/h17,20,26,29-35,37,41-43,45-50,53,58,64,69-70H,15-16,18-19,21-25,27-28H2,1-14H3,(H,59,68)(H,65,66)/t30-,31+,32-,33+,34+,35-,41-,42+,43-,45+,46-,47?,48+,49+,50-,53-,55+,56+,57+/m0/s1. The highest BCUT2D eigenvalue weighted by molar-refractivity contribution is 5.93. The minimum Gasteiger partial charge on any atom is -0.477 e. The van der Waals surface area contributed by atoms with Gasteiger partial charge in [-0.2, -0.15) is 0 Å². The highest BCUT2D eigenvalue weighted by atomic mass is 16.7. The number of carbonyl (C=O) groups is 3. The molecule has 7 rings (SSSR count). The van der Waals surface area contributed by atoms with E-state index in [9.17, 15) is 39.6 Å². The Morgan fingerprint density at radius 1 is 0.924 bits per heavy atom. The molecule has 0 spiro atoms. The lowest BCUT2D eigenvalue weighted by Gasteiger charge is -2.51. The number of cyclic esters (lactones) is 1. The molecule has 0 radical (unpaired) electrons. The van der Waals surface area contributed by atoms with Gasteiger partial charge in [0.2, 0.25) is 5.43 Å². The predicted molar refractivity (Wildman–Crippen MR) is 292 cm³/mol. The molecule has 22 heteroatoms. The number of esters is 1. The van der Waals surface area contributed by atoms with Gasteiger partial charge in [0.1, 0.15) is 40.7 Å². The quantitative estimate of drug-likeness (QED) is 0.0885. The maximum Gasteiger partial charge on any atom is 0.407 e. The fraction of sp³-hybridized carbons (Fsp3) is 0.789. The van der Waals surface area contributed by atoms with Gasteiger partial charge in [0.05, 0.1) is 48.6 Å². The summed E-state index contributed by atoms with van der Waals surface area (Å²) in [4.78, 5) is 56.8. The number of fused-ring (bicyclic) bond motifs is 3. The number of nitrogens with one attached hydrogen (secondary N) is 2. The summed E-state index contributed by atoms with van der Waals surface area (Å²) in [6.45, 7) is 19.6. The van der Waals surface area contributed by atoms with Crippen LogP contribution in [0.5, 0.6) is 0 Å². The van der Waals surface area contributed by atoms with Crippen molar-refractivity contribution in [1.29, 1.82) is 0 Å². The largest absolute Gasteiger partial charge is 0.477 e. The van der Waals surface area contributed by atoms with Crippen molar-refractivity contribution in [2.45, 2.75) is 210 Å². The van der Waals surface area contributed by atoms with E-state index in [4.69, 9.17) is 42.6 Å². The number of nitrogens with zero attached hydrogens (tertiary/aromatic N) is 3. The number of aliphatic hydroxyl groups excluding tert-OH is 1. The number of aliphatic hydroxyl groups is 3. The average Bonchev–Trinajstić information content (AvgIpc) is 4.47. The zero-order valence-corrected chi connectivity index (χ0v) is 48.8. The average molecular weight is 1120 g/mol. The van der Waals surface area contributed by atoms with E-state index in [1.165, 1.54) is 13.3 Å². The first kappa shape index (κ1) is 62.6. The number of rotatable bonds is 18. The van der Waals surface area contributed by atoms with Gasteiger partial charge < -0.3 is 88.1 Å². The number of methoxy groups -OCH3 is 1. The Balaban J connectivity index is 1.02. The number of aromatic nitrogens is 1. The fourth-order valence-electron chi connectivity index (χ4n) is 12.6. The Labute approximate surface area is 464 Å². The Kier molecular flexibility index (Phi) is 20.3. The van der Waals surface area contributed by atoms with Crippen molar-refractivity contribution < 1.29 is 77.4 Å². The fourth-order valence-corrected chi connectivity index (χ4v) is 12.6. The van der Waals surface area contributed by atoms with Crippen molar-refractivity contribution in [3.63, 3.8) is 0 Å². The molecule has 1 aromatic heterocycles. The number of benzene rings is 1. The van der Waals surface area contributed by atoms with Gasteiger partial charge in [-0.3, -0.25) is 9.59 Å². The van der Waals surface area contributed by atoms with Crippen LogP contribution in [0.1, 0.15) is 124 Å². The number of amides is 1. The Bertz CT molecular complexity index is 2470. The summed E-state index contributed by atoms with van der Waals surface area (Å²) >= 11 is 0. The van der Waals surface area contributed by atoms with E-state index in [0.717, 1.165) is 12.8 Å². The molecule has 1 aliphatic carbocycles. The molecule has 2 bridgehead atoms. The minimum atomic E-state index is -1.88. The molecule has 446 valence electrons. The summed E-state index contributed by atoms with van der Waals surface area (Å²) < 4.78 is 59.7. The van der Waals surface area contributed by atoms with Crippen LogP contribution in [0.4, 0.5) is 10.5 Å². The lowest BCUT2D eigenvalue weighted by Crippen LogP contribution is -2.66. The normalized spacial score (nSPS) is 38.8. The number of pyridine rings is 1. The molecule has 22 nitrogen and oxygen atoms in total. The molecule has 19 atom stereocenters. The number of hydrogen-bond donors (Lipinski definition) is 6. The molecular weight excluding hydrogens is 1030 g/mol. The monoisotopic (exact) mass is 1120 g/mol. The van der Waals surface area contributed by atoms with Crippen LogP contribution >= 0.6 is 0 Å². The molecule has 5 aliphatic rings. The van der Waals surface area contributed by atoms with E-state index in [1.54, 1.807) is 40.7 Å². The van der Waals surface area contributed by atoms with Crippen LogP contribution in [0.15, 0.2) is 29.2 Å². The van der Waals surface area contributed by atoms with Crippen molar-refractivity contribution in [2.75, 3.05) is 66.4 Å². The molecule has 1 saturated carbocycles. The van der Waals surface area contributed by atoms with E-state index < -0.39 is 114 Å². The van der Waals surface area contributed by atoms with Gasteiger partial charge in [0.25, 0.3) is 0 Å². The van der Waals surface area contributed by atoms with Crippen molar-refractivity contribution in [3.8, 4) is 0 Å². The van der Waals surface area contributed by atoms with E-state index >= 15 is 0 Å². The van der Waals surface area contributed by atoms with Gasteiger partial charge in [0, 0.05) is 81.1 Å². The molecular formula is C57H91N5O17. The van der Waals surface area contributed by atoms with Gasteiger partial charge >= 0.3 is 18.0 Å². The number of carbonyl (C=O) groups excluding carboxylic acids is 2. The van der Waals surface area contributed by atoms with E-state index in [0.29, 0.717) is 55.7 Å². The molecule has 1 unspecified atom stereocenters. The van der Waals surface area contributed by atoms with Gasteiger partial charge in [-0.15, -0.1) is 0 Å². The molecule has 1 aromatic carbocycles. The number of ether oxygens (including phenoxy) is 9. The van der Waals surface area contributed by atoms with Crippen molar-refractivity contribution in [2.24, 2.45) is 17.8 Å². The molecule has 6 N–H and O–H groups in total. The SMILES string of the molecule is CC[C@H]1OC(=O)[C@H](C)[C@@H](O[C@H]2C[C@@](C)(OC)[C@@H](OC(=O)NCCCOCCNc3ccc4c(c3)c(=O)c(C(=O)O)cn4C3CC3)[C@H](C)O2)[C@H](C)[C@@H](O[C@@H]2O[C@H](C)C[C@H](N(C)C)[C@H]2O)[C@](C)(O)C2O[C@H]([C@@H](C)N(C)C[C@@H]2C)[C@]1(C)O. The summed E-state index contributed by atoms with van der Waals surface area (Å²) in [7, 11) is 7.18. The van der Waals surface area contributed by atoms with Crippen molar-refractivity contribution in [1.82, 2.24) is 19.7 Å². The highest BCUT2D eigenvalue weighted by Crippen LogP contribution is 2.44. The molecule has 2 aromatic rings. The number of aromatic carboxylic acids is 1. The zero-order chi connectivity index (χ0) is 58.1. The van der Waals surface area contributed by atoms with E-state index in [-0.39, 0.29) is 55.1 Å². The summed E-state index contributed by atoms with van der Waals surface area (Å²) in [6.07, 6.45) is -6.79. The number of anilines is 1. The predicted octanol–water partition coefficient (Wildman–Crippen LogP) is 4.52. The molecule has 4 aliphatic heterocycles. The van der Waals surface area contributed by atoms with Crippen LogP contribution in [-0.2, 0) is 47.4 Å². The molecule has 1 amide bonds. The smallest absolute Gasteiger partial charge is 0.407 e. The first-order valence-corrected chi connectivity index (χ1v) is 28.4. The second-order valence-electron chi connectivity index (χ2n) is 24.0. The number of likely N-dealkylation sites (N-methyl/N-ethyl adjacent to an activating group) is 2. The third-order valence-corrected chi connectivity index (χ3v) is 17.4. The number of alkyl carbamates (subject to hydrolysis) is 1. The first-order valence-electron chi connectivity index (χ1n) is 28.4. The number of hydrogen-bond acceptors (Lipinski definition) is 19. The Morgan fingerprint density at radius 3 is 2.28 bits per heavy atom. The maximum absolute atomic E-state index is 14.6. The number of carboxylic acids is 1. The Morgan fingerprint density at radius 2 is 1.63 bits per heavy atom. The topological polar surface area (TPSA) is 268 Å². The van der Waals surface area contributed by atoms with E-state index in [2.05, 4.69) is 15.5 Å². The van der Waals surface area contributed by atoms with Gasteiger partial charge in [-0.1, -0.05) is 20.8 Å². The van der Waals surface area contributed by atoms with Crippen molar-refractivity contribution in [3.05, 3.63) is 40.2 Å². The molecule has 4 saturated heterocycles. The lowest BCUT2D eigenvalue weighted by atomic mass is 9.75. The summed E-state index contributed by atoms with van der Waals surface area (Å²) in [6, 6.07) is 4.83. The van der Waals surface area contributed by atoms with Crippen LogP contribution in [0, 0.1) is 17.8 Å². The maximum atomic E-state index is 14.6. The molecule has 79 heavy (non-hydrogen) atoms. The Hall–Kier alpha value is -4.04. The second-order valence-corrected chi connectivity index (χ2v) is 24.0. The van der Waals surface area contributed by atoms with Gasteiger partial charge in [-0.05, 0) is 126 Å². The van der Waals surface area contributed by atoms with Crippen LogP contribution < -0.4 is 16.1 Å². The minimum absolute atomic E-state index is 0.0368. The van der Waals surface area contributed by atoms with Gasteiger partial charge in [0.15, 0.2) is 18.7 Å². The van der Waals surface area contributed by atoms with Crippen LogP contribution in [0.2, 0.25) is 0 Å². The van der Waals surface area contributed by atoms with Gasteiger partial charge in [-0.25, -0.2) is 9.59 Å². The third-order valence-electron chi connectivity index (χ3n) is 17.4. The lowest BCUT2D eigenvalue weighted by molar-refractivity contribution is -0.329. The zero-order valence-electron chi connectivity index (χ0n) is 48.8. The first-order chi connectivity index (χ1) is 37.1. The van der Waals surface area contributed by atoms with Crippen molar-refractivity contribution >= 4 is 34.6 Å². The van der Waals surface area contributed by atoms with E-state index in [1.807, 2.05) is 77.4 Å².